The number of halogens is 1. The Hall–Kier alpha value is -2.14. The summed E-state index contributed by atoms with van der Waals surface area (Å²) in [6.45, 7) is 1.95. The highest BCUT2D eigenvalue weighted by atomic mass is 35.5. The van der Waals surface area contributed by atoms with Gasteiger partial charge < -0.3 is 16.2 Å². The third-order valence-electron chi connectivity index (χ3n) is 3.97. The molecule has 1 aromatic heterocycles. The third kappa shape index (κ3) is 4.93. The molecule has 130 valence electrons. The lowest BCUT2D eigenvalue weighted by molar-refractivity contribution is -0.191. The Morgan fingerprint density at radius 1 is 1.21 bits per heavy atom. The van der Waals surface area contributed by atoms with E-state index in [0.29, 0.717) is 6.04 Å². The van der Waals surface area contributed by atoms with Gasteiger partial charge >= 0.3 is 6.15 Å². The topological polar surface area (TPSA) is 108 Å². The maximum atomic E-state index is 8.12. The Morgan fingerprint density at radius 2 is 1.83 bits per heavy atom. The molecule has 0 spiro atoms. The maximum Gasteiger partial charge on any atom is 0.373 e. The Morgan fingerprint density at radius 3 is 2.46 bits per heavy atom. The fourth-order valence-corrected chi connectivity index (χ4v) is 2.91. The first-order chi connectivity index (χ1) is 11.0. The SMILES string of the molecule is Cc1cc(N)c2c(OC3CCC(N)CC3)cccc2n1.Cl.O=C=O. The number of rotatable bonds is 2. The molecule has 0 aliphatic heterocycles. The molecule has 24 heavy (non-hydrogen) atoms. The van der Waals surface area contributed by atoms with Crippen molar-refractivity contribution in [3.8, 4) is 5.75 Å². The summed E-state index contributed by atoms with van der Waals surface area (Å²) >= 11 is 0. The van der Waals surface area contributed by atoms with Crippen LogP contribution in [0.3, 0.4) is 0 Å². The molecule has 1 aliphatic carbocycles. The minimum Gasteiger partial charge on any atom is -0.490 e. The molecule has 2 aromatic rings. The molecule has 0 atom stereocenters. The molecule has 1 fully saturated rings. The molecule has 0 amide bonds. The molecule has 4 N–H and O–H groups in total. The summed E-state index contributed by atoms with van der Waals surface area (Å²) in [5.41, 5.74) is 14.6. The lowest BCUT2D eigenvalue weighted by Crippen LogP contribution is -2.31. The monoisotopic (exact) mass is 351 g/mol. The Balaban J connectivity index is 0.000000671. The van der Waals surface area contributed by atoms with Gasteiger partial charge in [-0.15, -0.1) is 12.4 Å². The summed E-state index contributed by atoms with van der Waals surface area (Å²) in [7, 11) is 0. The van der Waals surface area contributed by atoms with Gasteiger partial charge in [-0.2, -0.15) is 9.59 Å². The van der Waals surface area contributed by atoms with Crippen molar-refractivity contribution in [1.82, 2.24) is 4.98 Å². The fourth-order valence-electron chi connectivity index (χ4n) is 2.91. The number of carbonyl (C=O) groups excluding carboxylic acids is 2. The van der Waals surface area contributed by atoms with E-state index >= 15 is 0 Å². The number of hydrogen-bond acceptors (Lipinski definition) is 6. The van der Waals surface area contributed by atoms with Gasteiger partial charge in [-0.3, -0.25) is 4.98 Å². The van der Waals surface area contributed by atoms with Gasteiger partial charge in [0.15, 0.2) is 0 Å². The minimum absolute atomic E-state index is 0. The molecule has 3 rings (SSSR count). The molecule has 0 saturated heterocycles. The second-order valence-electron chi connectivity index (χ2n) is 5.74. The maximum absolute atomic E-state index is 8.12. The molecule has 1 aliphatic rings. The molecule has 0 bridgehead atoms. The van der Waals surface area contributed by atoms with Gasteiger partial charge in [0.1, 0.15) is 5.75 Å². The van der Waals surface area contributed by atoms with E-state index in [4.69, 9.17) is 25.8 Å². The van der Waals surface area contributed by atoms with Crippen LogP contribution in [0.2, 0.25) is 0 Å². The number of fused-ring (bicyclic) bond motifs is 1. The molecule has 0 unspecified atom stereocenters. The van der Waals surface area contributed by atoms with Crippen molar-refractivity contribution in [2.45, 2.75) is 44.8 Å². The van der Waals surface area contributed by atoms with Crippen LogP contribution in [0, 0.1) is 6.92 Å². The van der Waals surface area contributed by atoms with Crippen LogP contribution in [0.15, 0.2) is 24.3 Å². The van der Waals surface area contributed by atoms with Gasteiger partial charge in [-0.1, -0.05) is 6.07 Å². The third-order valence-corrected chi connectivity index (χ3v) is 3.97. The van der Waals surface area contributed by atoms with Crippen LogP contribution < -0.4 is 16.2 Å². The fraction of sp³-hybridized carbons (Fsp3) is 0.412. The highest BCUT2D eigenvalue weighted by molar-refractivity contribution is 5.95. The molecular formula is C17H22ClN3O3. The number of nitrogen functional groups attached to an aromatic ring is 1. The predicted molar refractivity (Wildman–Crippen MR) is 94.0 cm³/mol. The van der Waals surface area contributed by atoms with Crippen LogP contribution in [-0.4, -0.2) is 23.3 Å². The van der Waals surface area contributed by atoms with Gasteiger partial charge in [0, 0.05) is 17.4 Å². The van der Waals surface area contributed by atoms with E-state index in [1.165, 1.54) is 0 Å². The first kappa shape index (κ1) is 19.9. The summed E-state index contributed by atoms with van der Waals surface area (Å²) in [6, 6.07) is 8.15. The van der Waals surface area contributed by atoms with Gasteiger partial charge in [0.05, 0.1) is 17.0 Å². The standard InChI is InChI=1S/C16H21N3O.CO2.ClH/c1-10-9-13(18)16-14(19-10)3-2-4-15(16)20-12-7-5-11(17)6-8-12;2-1-3;/h2-4,9,11-12H,5-8,17H2,1H3,(H2,18,19);;1H. The average Bonchev–Trinajstić information content (AvgIpc) is 2.50. The zero-order valence-corrected chi connectivity index (χ0v) is 14.3. The van der Waals surface area contributed by atoms with Crippen molar-refractivity contribution in [3.63, 3.8) is 0 Å². The van der Waals surface area contributed by atoms with E-state index in [9.17, 15) is 0 Å². The predicted octanol–water partition coefficient (Wildman–Crippen LogP) is 2.61. The largest absolute Gasteiger partial charge is 0.490 e. The van der Waals surface area contributed by atoms with Crippen molar-refractivity contribution in [1.29, 1.82) is 0 Å². The molecule has 0 radical (unpaired) electrons. The number of benzene rings is 1. The number of aromatic nitrogens is 1. The summed E-state index contributed by atoms with van der Waals surface area (Å²) in [5.74, 6) is 0.841. The van der Waals surface area contributed by atoms with Gasteiger partial charge in [0.2, 0.25) is 0 Å². The van der Waals surface area contributed by atoms with Crippen molar-refractivity contribution in [2.24, 2.45) is 5.73 Å². The minimum atomic E-state index is 0. The van der Waals surface area contributed by atoms with Crippen molar-refractivity contribution in [3.05, 3.63) is 30.0 Å². The van der Waals surface area contributed by atoms with Gasteiger partial charge in [-0.25, -0.2) is 0 Å². The normalized spacial score (nSPS) is 19.4. The highest BCUT2D eigenvalue weighted by Crippen LogP contribution is 2.32. The van der Waals surface area contributed by atoms with Crippen LogP contribution in [0.25, 0.3) is 10.9 Å². The molecule has 1 aromatic carbocycles. The highest BCUT2D eigenvalue weighted by Gasteiger charge is 2.21. The van der Waals surface area contributed by atoms with E-state index in [2.05, 4.69) is 4.98 Å². The van der Waals surface area contributed by atoms with E-state index in [1.54, 1.807) is 0 Å². The van der Waals surface area contributed by atoms with E-state index in [1.807, 2.05) is 31.2 Å². The molecule has 6 nitrogen and oxygen atoms in total. The summed E-state index contributed by atoms with van der Waals surface area (Å²) in [6.07, 6.45) is 4.57. The van der Waals surface area contributed by atoms with Crippen LogP contribution >= 0.6 is 12.4 Å². The number of ether oxygens (including phenoxy) is 1. The lowest BCUT2D eigenvalue weighted by Gasteiger charge is -2.27. The Bertz CT molecular complexity index is 710. The van der Waals surface area contributed by atoms with Crippen LogP contribution in [0.1, 0.15) is 31.4 Å². The van der Waals surface area contributed by atoms with E-state index in [0.717, 1.165) is 53.7 Å². The van der Waals surface area contributed by atoms with Gasteiger partial charge in [0.25, 0.3) is 0 Å². The summed E-state index contributed by atoms with van der Waals surface area (Å²) in [5, 5.41) is 0.924. The second-order valence-corrected chi connectivity index (χ2v) is 5.74. The number of pyridine rings is 1. The molecular weight excluding hydrogens is 330 g/mol. The van der Waals surface area contributed by atoms with Crippen molar-refractivity contribution in [2.75, 3.05) is 5.73 Å². The number of hydrogen-bond donors (Lipinski definition) is 2. The van der Waals surface area contributed by atoms with Gasteiger partial charge in [-0.05, 0) is 50.8 Å². The smallest absolute Gasteiger partial charge is 0.373 e. The van der Waals surface area contributed by atoms with Crippen LogP contribution in [-0.2, 0) is 9.59 Å². The molecule has 1 saturated carbocycles. The Kier molecular flexibility index (Phi) is 7.65. The number of aryl methyl sites for hydroxylation is 1. The second kappa shape index (κ2) is 9.23. The molecule has 1 heterocycles. The first-order valence-corrected chi connectivity index (χ1v) is 7.62. The lowest BCUT2D eigenvalue weighted by atomic mass is 9.93. The zero-order chi connectivity index (χ0) is 16.8. The first-order valence-electron chi connectivity index (χ1n) is 7.62. The summed E-state index contributed by atoms with van der Waals surface area (Å²) < 4.78 is 6.16. The van der Waals surface area contributed by atoms with Crippen LogP contribution in [0.4, 0.5) is 5.69 Å². The van der Waals surface area contributed by atoms with E-state index in [-0.39, 0.29) is 24.7 Å². The zero-order valence-electron chi connectivity index (χ0n) is 13.5. The van der Waals surface area contributed by atoms with Crippen molar-refractivity contribution >= 4 is 35.1 Å². The average molecular weight is 352 g/mol. The summed E-state index contributed by atoms with van der Waals surface area (Å²) in [4.78, 5) is 20.8. The number of anilines is 1. The molecule has 7 heteroatoms. The number of nitrogens with zero attached hydrogens (tertiary/aromatic N) is 1. The van der Waals surface area contributed by atoms with Crippen LogP contribution in [0.5, 0.6) is 5.75 Å². The Labute approximate surface area is 147 Å². The quantitative estimate of drug-likeness (QED) is 0.860. The van der Waals surface area contributed by atoms with Crippen molar-refractivity contribution < 1.29 is 14.3 Å². The van der Waals surface area contributed by atoms with E-state index < -0.39 is 0 Å². The number of nitrogens with two attached hydrogens (primary N) is 2.